The summed E-state index contributed by atoms with van der Waals surface area (Å²) in [6.07, 6.45) is 2.04. The van der Waals surface area contributed by atoms with Gasteiger partial charge in [-0.1, -0.05) is 36.5 Å². The molecule has 6 heteroatoms. The summed E-state index contributed by atoms with van der Waals surface area (Å²) < 4.78 is 0. The average Bonchev–Trinajstić information content (AvgIpc) is 2.30. The summed E-state index contributed by atoms with van der Waals surface area (Å²) in [6, 6.07) is 3.12. The van der Waals surface area contributed by atoms with E-state index in [2.05, 4.69) is 17.7 Å². The number of benzene rings is 1. The van der Waals surface area contributed by atoms with Crippen LogP contribution in [0.3, 0.4) is 0 Å². The molecule has 94 valence electrons. The lowest BCUT2D eigenvalue weighted by Gasteiger charge is -2.13. The van der Waals surface area contributed by atoms with Gasteiger partial charge < -0.3 is 5.32 Å². The maximum Gasteiger partial charge on any atom is 0.267 e. The van der Waals surface area contributed by atoms with Crippen LogP contribution in [-0.4, -0.2) is 12.5 Å². The summed E-state index contributed by atoms with van der Waals surface area (Å²) in [6.45, 7) is 2.82. The Bertz CT molecular complexity index is 410. The molecule has 4 nitrogen and oxygen atoms in total. The molecule has 0 radical (unpaired) electrons. The first kappa shape index (κ1) is 14.1. The maximum atomic E-state index is 11.6. The number of hydrazine groups is 1. The predicted octanol–water partition coefficient (Wildman–Crippen LogP) is 2.81. The van der Waals surface area contributed by atoms with Gasteiger partial charge in [-0.25, -0.2) is 5.84 Å². The highest BCUT2D eigenvalue weighted by molar-refractivity contribution is 6.37. The lowest BCUT2D eigenvalue weighted by molar-refractivity contribution is 0.0954. The fourth-order valence-corrected chi connectivity index (χ4v) is 1.96. The standard InChI is InChI=1S/C11H15Cl2N3O/c1-2-3-4-15-10-8(11(17)16-14)5-7(12)6-9(10)13/h5-6,15H,2-4,14H2,1H3,(H,16,17). The SMILES string of the molecule is CCCCNc1c(Cl)cc(Cl)cc1C(=O)NN. The summed E-state index contributed by atoms with van der Waals surface area (Å²) in [5.74, 6) is 4.69. The molecule has 4 N–H and O–H groups in total. The van der Waals surface area contributed by atoms with E-state index in [1.807, 2.05) is 0 Å². The van der Waals surface area contributed by atoms with Crippen LogP contribution < -0.4 is 16.6 Å². The third kappa shape index (κ3) is 3.77. The smallest absolute Gasteiger partial charge is 0.267 e. The van der Waals surface area contributed by atoms with Crippen molar-refractivity contribution in [2.24, 2.45) is 5.84 Å². The Balaban J connectivity index is 3.03. The molecule has 17 heavy (non-hydrogen) atoms. The number of carbonyl (C=O) groups excluding carboxylic acids is 1. The summed E-state index contributed by atoms with van der Waals surface area (Å²) in [5.41, 5.74) is 2.98. The highest BCUT2D eigenvalue weighted by Gasteiger charge is 2.14. The molecule has 0 saturated heterocycles. The minimum Gasteiger partial charge on any atom is -0.383 e. The van der Waals surface area contributed by atoms with Gasteiger partial charge in [-0.15, -0.1) is 0 Å². The fourth-order valence-electron chi connectivity index (χ4n) is 1.40. The van der Waals surface area contributed by atoms with Crippen molar-refractivity contribution in [3.05, 3.63) is 27.7 Å². The molecular weight excluding hydrogens is 261 g/mol. The van der Waals surface area contributed by atoms with Crippen LogP contribution in [0.4, 0.5) is 5.69 Å². The van der Waals surface area contributed by atoms with Crippen LogP contribution in [0, 0.1) is 0 Å². The number of nitrogens with two attached hydrogens (primary N) is 1. The number of anilines is 1. The molecule has 0 fully saturated rings. The molecule has 0 unspecified atom stereocenters. The van der Waals surface area contributed by atoms with E-state index in [0.29, 0.717) is 21.3 Å². The van der Waals surface area contributed by atoms with Crippen molar-refractivity contribution in [2.45, 2.75) is 19.8 Å². The van der Waals surface area contributed by atoms with Crippen LogP contribution in [-0.2, 0) is 0 Å². The molecule has 0 aromatic heterocycles. The van der Waals surface area contributed by atoms with E-state index in [9.17, 15) is 4.79 Å². The van der Waals surface area contributed by atoms with Crippen LogP contribution in [0.5, 0.6) is 0 Å². The molecule has 1 aromatic carbocycles. The molecule has 0 aliphatic rings. The fraction of sp³-hybridized carbons (Fsp3) is 0.364. The highest BCUT2D eigenvalue weighted by atomic mass is 35.5. The minimum atomic E-state index is -0.423. The summed E-state index contributed by atoms with van der Waals surface area (Å²) in [4.78, 5) is 11.6. The van der Waals surface area contributed by atoms with Gasteiger partial charge in [0, 0.05) is 11.6 Å². The van der Waals surface area contributed by atoms with Gasteiger partial charge in [-0.3, -0.25) is 10.2 Å². The first-order chi connectivity index (χ1) is 8.10. The Morgan fingerprint density at radius 3 is 2.71 bits per heavy atom. The van der Waals surface area contributed by atoms with Crippen molar-refractivity contribution in [3.8, 4) is 0 Å². The molecule has 0 aliphatic carbocycles. The first-order valence-electron chi connectivity index (χ1n) is 5.34. The molecular formula is C11H15Cl2N3O. The zero-order valence-electron chi connectivity index (χ0n) is 9.52. The van der Waals surface area contributed by atoms with E-state index in [4.69, 9.17) is 29.0 Å². The van der Waals surface area contributed by atoms with E-state index < -0.39 is 5.91 Å². The number of carbonyl (C=O) groups is 1. The van der Waals surface area contributed by atoms with Crippen LogP contribution >= 0.6 is 23.2 Å². The van der Waals surface area contributed by atoms with Crippen molar-refractivity contribution < 1.29 is 4.79 Å². The second kappa shape index (κ2) is 6.69. The second-order valence-electron chi connectivity index (χ2n) is 3.56. The molecule has 1 amide bonds. The Labute approximate surface area is 110 Å². The average molecular weight is 276 g/mol. The number of hydrogen-bond donors (Lipinski definition) is 3. The van der Waals surface area contributed by atoms with Gasteiger partial charge in [0.1, 0.15) is 0 Å². The molecule has 0 heterocycles. The number of amides is 1. The van der Waals surface area contributed by atoms with Crippen LogP contribution in [0.1, 0.15) is 30.1 Å². The maximum absolute atomic E-state index is 11.6. The molecule has 1 aromatic rings. The Hall–Kier alpha value is -0.970. The Morgan fingerprint density at radius 2 is 2.12 bits per heavy atom. The van der Waals surface area contributed by atoms with E-state index in [-0.39, 0.29) is 0 Å². The summed E-state index contributed by atoms with van der Waals surface area (Å²) in [7, 11) is 0. The number of nitrogen functional groups attached to an aromatic ring is 1. The van der Waals surface area contributed by atoms with E-state index in [1.165, 1.54) is 6.07 Å². The third-order valence-corrected chi connectivity index (χ3v) is 2.78. The zero-order valence-corrected chi connectivity index (χ0v) is 11.0. The highest BCUT2D eigenvalue weighted by Crippen LogP contribution is 2.30. The van der Waals surface area contributed by atoms with Gasteiger partial charge >= 0.3 is 0 Å². The lowest BCUT2D eigenvalue weighted by atomic mass is 10.1. The van der Waals surface area contributed by atoms with Crippen molar-refractivity contribution in [3.63, 3.8) is 0 Å². The van der Waals surface area contributed by atoms with Crippen LogP contribution in [0.25, 0.3) is 0 Å². The lowest BCUT2D eigenvalue weighted by Crippen LogP contribution is -2.30. The summed E-state index contributed by atoms with van der Waals surface area (Å²) >= 11 is 11.9. The number of halogens is 2. The second-order valence-corrected chi connectivity index (χ2v) is 4.41. The molecule has 0 spiro atoms. The molecule has 1 rings (SSSR count). The van der Waals surface area contributed by atoms with Gasteiger partial charge in [-0.05, 0) is 18.6 Å². The van der Waals surface area contributed by atoms with E-state index in [1.54, 1.807) is 6.07 Å². The van der Waals surface area contributed by atoms with E-state index >= 15 is 0 Å². The van der Waals surface area contributed by atoms with Crippen LogP contribution in [0.2, 0.25) is 10.0 Å². The van der Waals surface area contributed by atoms with Crippen molar-refractivity contribution >= 4 is 34.8 Å². The molecule has 0 aliphatic heterocycles. The monoisotopic (exact) mass is 275 g/mol. The Kier molecular flexibility index (Phi) is 5.55. The van der Waals surface area contributed by atoms with E-state index in [0.717, 1.165) is 19.4 Å². The third-order valence-electron chi connectivity index (χ3n) is 2.26. The van der Waals surface area contributed by atoms with Gasteiger partial charge in [0.25, 0.3) is 5.91 Å². The van der Waals surface area contributed by atoms with Crippen molar-refractivity contribution in [1.29, 1.82) is 0 Å². The summed E-state index contributed by atoms with van der Waals surface area (Å²) in [5, 5.41) is 3.93. The number of unbranched alkanes of at least 4 members (excludes halogenated alkanes) is 1. The first-order valence-corrected chi connectivity index (χ1v) is 6.09. The Morgan fingerprint density at radius 1 is 1.41 bits per heavy atom. The quantitative estimate of drug-likeness (QED) is 0.335. The molecule has 0 bridgehead atoms. The van der Waals surface area contributed by atoms with Gasteiger partial charge in [0.15, 0.2) is 0 Å². The van der Waals surface area contributed by atoms with Gasteiger partial charge in [0.05, 0.1) is 16.3 Å². The predicted molar refractivity (Wildman–Crippen MR) is 71.5 cm³/mol. The number of hydrogen-bond acceptors (Lipinski definition) is 3. The zero-order chi connectivity index (χ0) is 12.8. The van der Waals surface area contributed by atoms with Crippen molar-refractivity contribution in [2.75, 3.05) is 11.9 Å². The van der Waals surface area contributed by atoms with Gasteiger partial charge in [0.2, 0.25) is 0 Å². The normalized spacial score (nSPS) is 10.1. The largest absolute Gasteiger partial charge is 0.383 e. The molecule has 0 saturated carbocycles. The number of nitrogens with one attached hydrogen (secondary N) is 2. The van der Waals surface area contributed by atoms with Crippen LogP contribution in [0.15, 0.2) is 12.1 Å². The minimum absolute atomic E-state index is 0.348. The number of rotatable bonds is 5. The van der Waals surface area contributed by atoms with Crippen molar-refractivity contribution in [1.82, 2.24) is 5.43 Å². The van der Waals surface area contributed by atoms with Gasteiger partial charge in [-0.2, -0.15) is 0 Å². The molecule has 0 atom stereocenters. The topological polar surface area (TPSA) is 67.2 Å².